The summed E-state index contributed by atoms with van der Waals surface area (Å²) in [5, 5.41) is 11.4. The minimum absolute atomic E-state index is 0.363. The number of aromatic hydroxyl groups is 1. The molecule has 0 bridgehead atoms. The molecule has 0 aliphatic rings. The zero-order valence-electron chi connectivity index (χ0n) is 7.85. The van der Waals surface area contributed by atoms with Gasteiger partial charge >= 0.3 is 0 Å². The van der Waals surface area contributed by atoms with Gasteiger partial charge in [-0.05, 0) is 17.5 Å². The van der Waals surface area contributed by atoms with Crippen LogP contribution >= 0.6 is 11.3 Å². The van der Waals surface area contributed by atoms with Crippen LogP contribution in [0.4, 0.5) is 4.39 Å². The number of para-hydroxylation sites is 1. The maximum Gasteiger partial charge on any atom is 0.165 e. The fourth-order valence-corrected chi connectivity index (χ4v) is 2.15. The molecule has 0 fully saturated rings. The summed E-state index contributed by atoms with van der Waals surface area (Å²) in [6, 6.07) is 7.64. The van der Waals surface area contributed by atoms with E-state index < -0.39 is 11.9 Å². The van der Waals surface area contributed by atoms with Crippen molar-refractivity contribution in [1.82, 2.24) is 0 Å². The SMILES string of the molecule is N[C@@H](c1cccs1)c1cccc(F)c1O. The second-order valence-corrected chi connectivity index (χ2v) is 4.15. The van der Waals surface area contributed by atoms with Gasteiger partial charge < -0.3 is 10.8 Å². The molecule has 0 unspecified atom stereocenters. The van der Waals surface area contributed by atoms with Gasteiger partial charge in [0.1, 0.15) is 0 Å². The van der Waals surface area contributed by atoms with Crippen LogP contribution in [0.5, 0.6) is 5.75 Å². The van der Waals surface area contributed by atoms with E-state index in [1.165, 1.54) is 23.5 Å². The van der Waals surface area contributed by atoms with Gasteiger partial charge in [-0.25, -0.2) is 4.39 Å². The number of phenols is 1. The van der Waals surface area contributed by atoms with Crippen LogP contribution in [0.3, 0.4) is 0 Å². The van der Waals surface area contributed by atoms with Gasteiger partial charge in [-0.1, -0.05) is 18.2 Å². The molecule has 0 radical (unpaired) electrons. The molecule has 0 spiro atoms. The Labute approximate surface area is 90.8 Å². The summed E-state index contributed by atoms with van der Waals surface area (Å²) in [6.45, 7) is 0. The average Bonchev–Trinajstić information content (AvgIpc) is 2.74. The Morgan fingerprint density at radius 2 is 2.07 bits per heavy atom. The number of phenolic OH excluding ortho intramolecular Hbond substituents is 1. The van der Waals surface area contributed by atoms with Gasteiger partial charge in [-0.3, -0.25) is 0 Å². The first-order chi connectivity index (χ1) is 7.20. The Bertz CT molecular complexity index is 456. The van der Waals surface area contributed by atoms with Crippen molar-refractivity contribution in [3.05, 3.63) is 52.0 Å². The molecule has 2 aromatic rings. The third-order valence-corrected chi connectivity index (χ3v) is 3.16. The molecular formula is C11H10FNOS. The number of nitrogens with two attached hydrogens (primary N) is 1. The molecule has 15 heavy (non-hydrogen) atoms. The highest BCUT2D eigenvalue weighted by Crippen LogP contribution is 2.31. The third-order valence-electron chi connectivity index (χ3n) is 2.20. The monoisotopic (exact) mass is 223 g/mol. The maximum absolute atomic E-state index is 13.1. The lowest BCUT2D eigenvalue weighted by Crippen LogP contribution is -2.10. The second kappa shape index (κ2) is 4.00. The predicted octanol–water partition coefficient (Wildman–Crippen LogP) is 2.64. The summed E-state index contributed by atoms with van der Waals surface area (Å²) >= 11 is 1.48. The van der Waals surface area contributed by atoms with Gasteiger partial charge in [0, 0.05) is 10.4 Å². The van der Waals surface area contributed by atoms with E-state index in [1.54, 1.807) is 6.07 Å². The van der Waals surface area contributed by atoms with E-state index in [2.05, 4.69) is 0 Å². The van der Waals surface area contributed by atoms with Crippen molar-refractivity contribution in [2.45, 2.75) is 6.04 Å². The van der Waals surface area contributed by atoms with Gasteiger partial charge in [0.05, 0.1) is 6.04 Å². The molecule has 78 valence electrons. The van der Waals surface area contributed by atoms with Gasteiger partial charge in [-0.15, -0.1) is 11.3 Å². The molecule has 2 rings (SSSR count). The van der Waals surface area contributed by atoms with Crippen molar-refractivity contribution >= 4 is 11.3 Å². The number of rotatable bonds is 2. The van der Waals surface area contributed by atoms with E-state index in [0.29, 0.717) is 5.56 Å². The number of benzene rings is 1. The molecule has 0 aliphatic heterocycles. The smallest absolute Gasteiger partial charge is 0.165 e. The zero-order chi connectivity index (χ0) is 10.8. The van der Waals surface area contributed by atoms with Crippen molar-refractivity contribution in [1.29, 1.82) is 0 Å². The Hall–Kier alpha value is -1.39. The summed E-state index contributed by atoms with van der Waals surface area (Å²) in [5.74, 6) is -1.00. The molecule has 1 heterocycles. The second-order valence-electron chi connectivity index (χ2n) is 3.17. The number of hydrogen-bond donors (Lipinski definition) is 2. The van der Waals surface area contributed by atoms with Crippen LogP contribution in [0.15, 0.2) is 35.7 Å². The molecule has 0 saturated carbocycles. The molecule has 0 saturated heterocycles. The number of thiophene rings is 1. The standard InChI is InChI=1S/C11H10FNOS/c12-8-4-1-3-7(11(8)14)10(13)9-5-2-6-15-9/h1-6,10,14H,13H2/t10-/m1/s1. The van der Waals surface area contributed by atoms with Crippen molar-refractivity contribution in [3.8, 4) is 5.75 Å². The topological polar surface area (TPSA) is 46.2 Å². The highest BCUT2D eigenvalue weighted by Gasteiger charge is 2.15. The fourth-order valence-electron chi connectivity index (χ4n) is 1.40. The summed E-state index contributed by atoms with van der Waals surface area (Å²) in [7, 11) is 0. The number of halogens is 1. The third kappa shape index (κ3) is 1.86. The molecule has 1 atom stereocenters. The minimum Gasteiger partial charge on any atom is -0.505 e. The van der Waals surface area contributed by atoms with Crippen molar-refractivity contribution in [2.75, 3.05) is 0 Å². The molecule has 0 amide bonds. The highest BCUT2D eigenvalue weighted by atomic mass is 32.1. The number of hydrogen-bond acceptors (Lipinski definition) is 3. The van der Waals surface area contributed by atoms with E-state index in [4.69, 9.17) is 5.73 Å². The van der Waals surface area contributed by atoms with Crippen LogP contribution in [0.2, 0.25) is 0 Å². The Morgan fingerprint density at radius 1 is 1.27 bits per heavy atom. The van der Waals surface area contributed by atoms with Crippen LogP contribution in [0.25, 0.3) is 0 Å². The molecule has 2 nitrogen and oxygen atoms in total. The lowest BCUT2D eigenvalue weighted by atomic mass is 10.1. The highest BCUT2D eigenvalue weighted by molar-refractivity contribution is 7.10. The molecule has 1 aromatic carbocycles. The first kappa shape index (κ1) is 10.1. The largest absolute Gasteiger partial charge is 0.505 e. The lowest BCUT2D eigenvalue weighted by molar-refractivity contribution is 0.424. The van der Waals surface area contributed by atoms with Crippen LogP contribution < -0.4 is 5.73 Å². The van der Waals surface area contributed by atoms with Gasteiger partial charge in [0.15, 0.2) is 11.6 Å². The van der Waals surface area contributed by atoms with Crippen LogP contribution in [-0.4, -0.2) is 5.11 Å². The Kier molecular flexibility index (Phi) is 2.70. The van der Waals surface area contributed by atoms with Gasteiger partial charge in [0.2, 0.25) is 0 Å². The van der Waals surface area contributed by atoms with Crippen LogP contribution in [0.1, 0.15) is 16.5 Å². The lowest BCUT2D eigenvalue weighted by Gasteiger charge is -2.11. The summed E-state index contributed by atoms with van der Waals surface area (Å²) in [6.07, 6.45) is 0. The maximum atomic E-state index is 13.1. The van der Waals surface area contributed by atoms with E-state index >= 15 is 0 Å². The van der Waals surface area contributed by atoms with E-state index in [9.17, 15) is 9.50 Å². The molecule has 4 heteroatoms. The molecule has 1 aromatic heterocycles. The Morgan fingerprint density at radius 3 is 2.73 bits per heavy atom. The van der Waals surface area contributed by atoms with Crippen LogP contribution in [-0.2, 0) is 0 Å². The first-order valence-corrected chi connectivity index (χ1v) is 5.34. The predicted molar refractivity (Wildman–Crippen MR) is 58.4 cm³/mol. The summed E-state index contributed by atoms with van der Waals surface area (Å²) < 4.78 is 13.1. The van der Waals surface area contributed by atoms with E-state index in [1.807, 2.05) is 17.5 Å². The zero-order valence-corrected chi connectivity index (χ0v) is 8.67. The van der Waals surface area contributed by atoms with Gasteiger partial charge in [-0.2, -0.15) is 0 Å². The van der Waals surface area contributed by atoms with Crippen molar-refractivity contribution in [2.24, 2.45) is 5.73 Å². The van der Waals surface area contributed by atoms with E-state index in [-0.39, 0.29) is 5.75 Å². The summed E-state index contributed by atoms with van der Waals surface area (Å²) in [5.41, 5.74) is 6.33. The Balaban J connectivity index is 2.42. The van der Waals surface area contributed by atoms with E-state index in [0.717, 1.165) is 4.88 Å². The minimum atomic E-state index is -0.639. The first-order valence-electron chi connectivity index (χ1n) is 4.46. The average molecular weight is 223 g/mol. The fraction of sp³-hybridized carbons (Fsp3) is 0.0909. The van der Waals surface area contributed by atoms with Crippen LogP contribution in [0, 0.1) is 5.82 Å². The molecule has 3 N–H and O–H groups in total. The van der Waals surface area contributed by atoms with Crippen molar-refractivity contribution < 1.29 is 9.50 Å². The normalized spacial score (nSPS) is 12.7. The van der Waals surface area contributed by atoms with Crippen molar-refractivity contribution in [3.63, 3.8) is 0 Å². The molecular weight excluding hydrogens is 213 g/mol. The van der Waals surface area contributed by atoms with Gasteiger partial charge in [0.25, 0.3) is 0 Å². The molecule has 0 aliphatic carbocycles. The quantitative estimate of drug-likeness (QED) is 0.822. The summed E-state index contributed by atoms with van der Waals surface area (Å²) in [4.78, 5) is 0.899.